The second-order valence-electron chi connectivity index (χ2n) is 5.22. The van der Waals surface area contributed by atoms with Crippen molar-refractivity contribution in [3.05, 3.63) is 74.5 Å². The van der Waals surface area contributed by atoms with E-state index < -0.39 is 0 Å². The smallest absolute Gasteiger partial charge is 0.270 e. The number of hydrogen-bond acceptors (Lipinski definition) is 5. The van der Waals surface area contributed by atoms with Crippen molar-refractivity contribution in [3.8, 4) is 0 Å². The highest BCUT2D eigenvalue weighted by atomic mass is 16.1. The molecule has 1 aromatic heterocycles. The van der Waals surface area contributed by atoms with Crippen molar-refractivity contribution in [2.45, 2.75) is 6.42 Å². The van der Waals surface area contributed by atoms with Gasteiger partial charge in [-0.2, -0.15) is 0 Å². The molecule has 6 N–H and O–H groups in total. The lowest BCUT2D eigenvalue weighted by Crippen LogP contribution is -2.19. The van der Waals surface area contributed by atoms with Crippen molar-refractivity contribution in [1.82, 2.24) is 15.6 Å². The Morgan fingerprint density at radius 1 is 1.13 bits per heavy atom. The van der Waals surface area contributed by atoms with Gasteiger partial charge in [-0.25, -0.2) is 0 Å². The van der Waals surface area contributed by atoms with Crippen LogP contribution in [0.3, 0.4) is 0 Å². The van der Waals surface area contributed by atoms with E-state index in [0.717, 1.165) is 23.3 Å². The number of hydrogen-bond donors (Lipinski definition) is 5. The lowest BCUT2D eigenvalue weighted by molar-refractivity contribution is 0.946. The van der Waals surface area contributed by atoms with Gasteiger partial charge in [0.15, 0.2) is 0 Å². The fourth-order valence-corrected chi connectivity index (χ4v) is 2.44. The number of fused-ring (bicyclic) bond motifs is 1. The third-order valence-corrected chi connectivity index (χ3v) is 3.68. The summed E-state index contributed by atoms with van der Waals surface area (Å²) < 4.78 is 0. The van der Waals surface area contributed by atoms with Crippen LogP contribution in [0.25, 0.3) is 10.8 Å². The van der Waals surface area contributed by atoms with E-state index in [1.54, 1.807) is 24.4 Å². The van der Waals surface area contributed by atoms with E-state index in [1.165, 1.54) is 0 Å². The van der Waals surface area contributed by atoms with Gasteiger partial charge in [0.25, 0.3) is 11.1 Å². The molecule has 0 aliphatic heterocycles. The molecule has 1 aromatic carbocycles. The lowest BCUT2D eigenvalue weighted by atomic mass is 10.0. The van der Waals surface area contributed by atoms with Gasteiger partial charge in [0, 0.05) is 18.4 Å². The van der Waals surface area contributed by atoms with Crippen molar-refractivity contribution in [2.24, 2.45) is 5.84 Å². The van der Waals surface area contributed by atoms with Gasteiger partial charge in [-0.3, -0.25) is 25.6 Å². The fourth-order valence-electron chi connectivity index (χ4n) is 2.44. The maximum atomic E-state index is 11.8. The first kappa shape index (κ1) is 14.9. The van der Waals surface area contributed by atoms with Gasteiger partial charge >= 0.3 is 0 Å². The summed E-state index contributed by atoms with van der Waals surface area (Å²) in [5.41, 5.74) is 4.92. The third kappa shape index (κ3) is 3.24. The summed E-state index contributed by atoms with van der Waals surface area (Å²) in [6.07, 6.45) is 8.68. The van der Waals surface area contributed by atoms with Crippen LogP contribution in [0.2, 0.25) is 0 Å². The Bertz CT molecular complexity index is 933. The van der Waals surface area contributed by atoms with Gasteiger partial charge in [0.05, 0.1) is 10.8 Å². The van der Waals surface area contributed by atoms with Crippen molar-refractivity contribution < 1.29 is 0 Å². The van der Waals surface area contributed by atoms with Crippen LogP contribution < -0.4 is 27.7 Å². The van der Waals surface area contributed by atoms with Crippen LogP contribution in [-0.4, -0.2) is 16.7 Å². The van der Waals surface area contributed by atoms with E-state index in [-0.39, 0.29) is 11.1 Å². The lowest BCUT2D eigenvalue weighted by Gasteiger charge is -2.12. The van der Waals surface area contributed by atoms with E-state index in [0.29, 0.717) is 17.3 Å². The SMILES string of the molecule is NNC=C1C=CC(CNc2ccc3c(=O)[nH][nH]c(=O)c3c2)=CC1. The summed E-state index contributed by atoms with van der Waals surface area (Å²) in [5, 5.41) is 8.63. The summed E-state index contributed by atoms with van der Waals surface area (Å²) in [7, 11) is 0. The molecule has 23 heavy (non-hydrogen) atoms. The predicted octanol–water partition coefficient (Wildman–Crippen LogP) is 0.862. The van der Waals surface area contributed by atoms with E-state index in [2.05, 4.69) is 27.0 Å². The Labute approximate surface area is 131 Å². The van der Waals surface area contributed by atoms with Crippen LogP contribution in [0.15, 0.2) is 63.4 Å². The van der Waals surface area contributed by atoms with Crippen molar-refractivity contribution in [2.75, 3.05) is 11.9 Å². The fraction of sp³-hybridized carbons (Fsp3) is 0.125. The molecular formula is C16H17N5O2. The predicted molar refractivity (Wildman–Crippen MR) is 90.9 cm³/mol. The number of nitrogens with one attached hydrogen (secondary N) is 4. The molecule has 0 saturated carbocycles. The second-order valence-corrected chi connectivity index (χ2v) is 5.22. The Balaban J connectivity index is 1.75. The molecule has 0 unspecified atom stereocenters. The number of rotatable bonds is 4. The van der Waals surface area contributed by atoms with Gasteiger partial charge in [-0.15, -0.1) is 0 Å². The van der Waals surface area contributed by atoms with E-state index >= 15 is 0 Å². The minimum absolute atomic E-state index is 0.308. The number of nitrogens with two attached hydrogens (primary N) is 1. The van der Waals surface area contributed by atoms with Crippen LogP contribution in [-0.2, 0) is 0 Å². The second kappa shape index (κ2) is 6.37. The number of allylic oxidation sites excluding steroid dienone is 3. The summed E-state index contributed by atoms with van der Waals surface area (Å²) in [6.45, 7) is 0.631. The molecule has 2 aromatic rings. The molecule has 7 nitrogen and oxygen atoms in total. The molecule has 0 radical (unpaired) electrons. The van der Waals surface area contributed by atoms with Gasteiger partial charge in [-0.05, 0) is 35.8 Å². The molecule has 0 bridgehead atoms. The zero-order valence-electron chi connectivity index (χ0n) is 12.3. The largest absolute Gasteiger partial charge is 0.381 e. The van der Waals surface area contributed by atoms with E-state index in [9.17, 15) is 9.59 Å². The summed E-state index contributed by atoms with van der Waals surface area (Å²) in [6, 6.07) is 5.11. The Hall–Kier alpha value is -3.06. The maximum Gasteiger partial charge on any atom is 0.270 e. The van der Waals surface area contributed by atoms with Crippen LogP contribution in [0.4, 0.5) is 5.69 Å². The first-order chi connectivity index (χ1) is 11.2. The van der Waals surface area contributed by atoms with Gasteiger partial charge < -0.3 is 10.7 Å². The number of aromatic nitrogens is 2. The quantitative estimate of drug-likeness (QED) is 0.424. The van der Waals surface area contributed by atoms with Gasteiger partial charge in [0.2, 0.25) is 0 Å². The molecular weight excluding hydrogens is 294 g/mol. The van der Waals surface area contributed by atoms with Crippen molar-refractivity contribution >= 4 is 16.5 Å². The zero-order valence-corrected chi connectivity index (χ0v) is 12.3. The van der Waals surface area contributed by atoms with Crippen LogP contribution in [0.1, 0.15) is 6.42 Å². The highest BCUT2D eigenvalue weighted by Crippen LogP contribution is 2.17. The Morgan fingerprint density at radius 2 is 1.91 bits per heavy atom. The number of H-pyrrole nitrogens is 2. The highest BCUT2D eigenvalue weighted by Gasteiger charge is 2.05. The van der Waals surface area contributed by atoms with E-state index in [1.807, 2.05) is 12.2 Å². The number of anilines is 1. The van der Waals surface area contributed by atoms with Crippen LogP contribution >= 0.6 is 0 Å². The number of benzene rings is 1. The van der Waals surface area contributed by atoms with Crippen molar-refractivity contribution in [3.63, 3.8) is 0 Å². The topological polar surface area (TPSA) is 116 Å². The molecule has 0 spiro atoms. The van der Waals surface area contributed by atoms with E-state index in [4.69, 9.17) is 5.84 Å². The average molecular weight is 311 g/mol. The molecule has 0 saturated heterocycles. The maximum absolute atomic E-state index is 11.8. The molecule has 1 aliphatic carbocycles. The molecule has 0 fully saturated rings. The average Bonchev–Trinajstić information content (AvgIpc) is 2.58. The normalized spacial score (nSPS) is 15.7. The summed E-state index contributed by atoms with van der Waals surface area (Å²) >= 11 is 0. The minimum Gasteiger partial charge on any atom is -0.381 e. The van der Waals surface area contributed by atoms with Gasteiger partial charge in [0.1, 0.15) is 0 Å². The molecule has 0 amide bonds. The van der Waals surface area contributed by atoms with Gasteiger partial charge in [-0.1, -0.05) is 18.2 Å². The molecule has 1 heterocycles. The molecule has 0 atom stereocenters. The Kier molecular flexibility index (Phi) is 4.11. The first-order valence-electron chi connectivity index (χ1n) is 7.18. The molecule has 7 heteroatoms. The summed E-state index contributed by atoms with van der Waals surface area (Å²) in [4.78, 5) is 23.4. The van der Waals surface area contributed by atoms with Crippen LogP contribution in [0.5, 0.6) is 0 Å². The Morgan fingerprint density at radius 3 is 2.61 bits per heavy atom. The molecule has 1 aliphatic rings. The third-order valence-electron chi connectivity index (χ3n) is 3.68. The van der Waals surface area contributed by atoms with Crippen molar-refractivity contribution in [1.29, 1.82) is 0 Å². The number of hydrazine groups is 1. The molecule has 3 rings (SSSR count). The number of aromatic amines is 2. The standard InChI is InChI=1S/C16H17N5O2/c17-19-9-11-3-1-10(2-4-11)8-18-12-5-6-13-14(7-12)16(23)21-20-15(13)22/h1-3,5-7,9,18-19H,4,8,17H2,(H,20,22)(H,21,23). The zero-order chi connectivity index (χ0) is 16.2. The minimum atomic E-state index is -0.316. The highest BCUT2D eigenvalue weighted by molar-refractivity contribution is 5.83. The van der Waals surface area contributed by atoms with Crippen LogP contribution in [0, 0.1) is 0 Å². The first-order valence-corrected chi connectivity index (χ1v) is 7.18. The monoisotopic (exact) mass is 311 g/mol. The molecule has 118 valence electrons. The summed E-state index contributed by atoms with van der Waals surface area (Å²) in [5.74, 6) is 5.25.